The zero-order valence-electron chi connectivity index (χ0n) is 8.76. The molecule has 17 heavy (non-hydrogen) atoms. The van der Waals surface area contributed by atoms with Gasteiger partial charge < -0.3 is 4.42 Å². The van der Waals surface area contributed by atoms with Crippen LogP contribution in [-0.4, -0.2) is 4.98 Å². The molecule has 4 heteroatoms. The van der Waals surface area contributed by atoms with Crippen molar-refractivity contribution in [3.63, 3.8) is 0 Å². The summed E-state index contributed by atoms with van der Waals surface area (Å²) in [5.74, 6) is 0.679. The summed E-state index contributed by atoms with van der Waals surface area (Å²) >= 11 is 5.04. The van der Waals surface area contributed by atoms with Crippen molar-refractivity contribution in [2.75, 3.05) is 0 Å². The number of benzene rings is 1. The lowest BCUT2D eigenvalue weighted by atomic mass is 10.2. The van der Waals surface area contributed by atoms with Gasteiger partial charge in [0.15, 0.2) is 0 Å². The number of nitrogens with zero attached hydrogens (tertiary/aromatic N) is 1. The molecule has 1 aromatic carbocycles. The third kappa shape index (κ3) is 2.18. The van der Waals surface area contributed by atoms with Gasteiger partial charge in [-0.2, -0.15) is 0 Å². The molecule has 0 aliphatic rings. The van der Waals surface area contributed by atoms with Gasteiger partial charge in [-0.3, -0.25) is 0 Å². The first-order valence-corrected chi connectivity index (χ1v) is 6.75. The van der Waals surface area contributed by atoms with E-state index in [9.17, 15) is 0 Å². The molecule has 0 aliphatic carbocycles. The number of thiophene rings is 1. The molecule has 2 aromatic heterocycles. The average molecular weight is 306 g/mol. The summed E-state index contributed by atoms with van der Waals surface area (Å²) in [7, 11) is 0. The van der Waals surface area contributed by atoms with Crippen LogP contribution in [0.15, 0.2) is 56.9 Å². The largest absolute Gasteiger partial charge is 0.443 e. The van der Waals surface area contributed by atoms with Crippen LogP contribution in [0.25, 0.3) is 22.0 Å². The van der Waals surface area contributed by atoms with E-state index in [1.807, 2.05) is 41.8 Å². The van der Waals surface area contributed by atoms with Crippen molar-refractivity contribution < 1.29 is 4.42 Å². The Kier molecular flexibility index (Phi) is 2.82. The molecule has 0 bridgehead atoms. The molecule has 0 saturated heterocycles. The van der Waals surface area contributed by atoms with Crippen molar-refractivity contribution in [1.82, 2.24) is 4.98 Å². The van der Waals surface area contributed by atoms with E-state index < -0.39 is 0 Å². The van der Waals surface area contributed by atoms with Gasteiger partial charge in [0.2, 0.25) is 5.89 Å². The monoisotopic (exact) mass is 305 g/mol. The molecule has 0 spiro atoms. The number of aromatic nitrogens is 1. The molecule has 0 atom stereocenters. The summed E-state index contributed by atoms with van der Waals surface area (Å²) in [6, 6.07) is 12.0. The topological polar surface area (TPSA) is 26.0 Å². The van der Waals surface area contributed by atoms with Crippen molar-refractivity contribution in [2.24, 2.45) is 0 Å². The summed E-state index contributed by atoms with van der Waals surface area (Å²) in [5.41, 5.74) is 1.92. The molecule has 2 heterocycles. The van der Waals surface area contributed by atoms with Gasteiger partial charge in [0.05, 0.1) is 4.88 Å². The summed E-state index contributed by atoms with van der Waals surface area (Å²) < 4.78 is 6.54. The smallest absolute Gasteiger partial charge is 0.236 e. The lowest BCUT2D eigenvalue weighted by Crippen LogP contribution is -1.77. The van der Waals surface area contributed by atoms with Crippen LogP contribution >= 0.6 is 27.3 Å². The number of rotatable bonds is 2. The average Bonchev–Trinajstić information content (AvgIpc) is 3.00. The van der Waals surface area contributed by atoms with Crippen molar-refractivity contribution in [2.45, 2.75) is 0 Å². The highest BCUT2D eigenvalue weighted by molar-refractivity contribution is 9.10. The molecule has 0 unspecified atom stereocenters. The Morgan fingerprint density at radius 1 is 1.12 bits per heavy atom. The van der Waals surface area contributed by atoms with Gasteiger partial charge in [0, 0.05) is 10.0 Å². The number of halogens is 1. The van der Waals surface area contributed by atoms with Crippen LogP contribution in [0.5, 0.6) is 0 Å². The van der Waals surface area contributed by atoms with Crippen LogP contribution < -0.4 is 0 Å². The maximum atomic E-state index is 5.48. The van der Waals surface area contributed by atoms with E-state index >= 15 is 0 Å². The van der Waals surface area contributed by atoms with Gasteiger partial charge in [0.1, 0.15) is 12.0 Å². The van der Waals surface area contributed by atoms with Gasteiger partial charge in [-0.25, -0.2) is 4.98 Å². The van der Waals surface area contributed by atoms with Crippen LogP contribution in [0.2, 0.25) is 0 Å². The van der Waals surface area contributed by atoms with E-state index in [-0.39, 0.29) is 0 Å². The van der Waals surface area contributed by atoms with Crippen LogP contribution in [0.1, 0.15) is 0 Å². The molecule has 0 amide bonds. The fourth-order valence-electron chi connectivity index (χ4n) is 1.54. The maximum absolute atomic E-state index is 5.48. The molecule has 0 saturated carbocycles. The van der Waals surface area contributed by atoms with Crippen LogP contribution in [-0.2, 0) is 0 Å². The Morgan fingerprint density at radius 2 is 1.94 bits per heavy atom. The summed E-state index contributed by atoms with van der Waals surface area (Å²) in [5, 5.41) is 2.01. The first-order valence-electron chi connectivity index (χ1n) is 5.08. The molecule has 0 fully saturated rings. The van der Waals surface area contributed by atoms with Crippen LogP contribution in [0.3, 0.4) is 0 Å². The Bertz CT molecular complexity index is 613. The Labute approximate surface area is 111 Å². The molecular weight excluding hydrogens is 298 g/mol. The van der Waals surface area contributed by atoms with Crippen molar-refractivity contribution >= 4 is 27.3 Å². The van der Waals surface area contributed by atoms with E-state index in [1.54, 1.807) is 17.6 Å². The molecule has 2 nitrogen and oxygen atoms in total. The SMILES string of the molecule is Brc1ccc(-c2coc(-c3cccs3)n2)cc1. The maximum Gasteiger partial charge on any atom is 0.236 e. The lowest BCUT2D eigenvalue weighted by Gasteiger charge is -1.94. The quantitative estimate of drug-likeness (QED) is 0.677. The molecular formula is C13H8BrNOS. The highest BCUT2D eigenvalue weighted by atomic mass is 79.9. The summed E-state index contributed by atoms with van der Waals surface area (Å²) in [6.45, 7) is 0. The predicted molar refractivity (Wildman–Crippen MR) is 73.0 cm³/mol. The van der Waals surface area contributed by atoms with Gasteiger partial charge in [-0.05, 0) is 23.6 Å². The third-order valence-electron chi connectivity index (χ3n) is 2.38. The zero-order valence-corrected chi connectivity index (χ0v) is 11.2. The van der Waals surface area contributed by atoms with Gasteiger partial charge in [0.25, 0.3) is 0 Å². The molecule has 0 N–H and O–H groups in total. The van der Waals surface area contributed by atoms with E-state index in [0.717, 1.165) is 20.6 Å². The minimum Gasteiger partial charge on any atom is -0.443 e. The number of hydrogen-bond acceptors (Lipinski definition) is 3. The number of oxazole rings is 1. The second-order valence-electron chi connectivity index (χ2n) is 3.52. The highest BCUT2D eigenvalue weighted by Gasteiger charge is 2.08. The van der Waals surface area contributed by atoms with Crippen molar-refractivity contribution in [3.8, 4) is 22.0 Å². The molecule has 0 aliphatic heterocycles. The van der Waals surface area contributed by atoms with Gasteiger partial charge in [-0.1, -0.05) is 34.1 Å². The summed E-state index contributed by atoms with van der Waals surface area (Å²) in [6.07, 6.45) is 1.69. The Hall–Kier alpha value is -1.39. The fraction of sp³-hybridized carbons (Fsp3) is 0. The van der Waals surface area contributed by atoms with Gasteiger partial charge >= 0.3 is 0 Å². The normalized spacial score (nSPS) is 10.6. The fourth-order valence-corrected chi connectivity index (χ4v) is 2.46. The molecule has 0 radical (unpaired) electrons. The molecule has 3 rings (SSSR count). The second-order valence-corrected chi connectivity index (χ2v) is 5.39. The number of hydrogen-bond donors (Lipinski definition) is 0. The highest BCUT2D eigenvalue weighted by Crippen LogP contribution is 2.28. The first-order chi connectivity index (χ1) is 8.33. The van der Waals surface area contributed by atoms with Crippen molar-refractivity contribution in [1.29, 1.82) is 0 Å². The molecule has 84 valence electrons. The summed E-state index contributed by atoms with van der Waals surface area (Å²) in [4.78, 5) is 5.53. The minimum atomic E-state index is 0.679. The van der Waals surface area contributed by atoms with Crippen molar-refractivity contribution in [3.05, 3.63) is 52.5 Å². The van der Waals surface area contributed by atoms with Crippen LogP contribution in [0.4, 0.5) is 0 Å². The van der Waals surface area contributed by atoms with Crippen LogP contribution in [0, 0.1) is 0 Å². The van der Waals surface area contributed by atoms with E-state index in [4.69, 9.17) is 4.42 Å². The predicted octanol–water partition coefficient (Wildman–Crippen LogP) is 4.83. The van der Waals surface area contributed by atoms with E-state index in [1.165, 1.54) is 0 Å². The Balaban J connectivity index is 1.98. The Morgan fingerprint density at radius 3 is 2.65 bits per heavy atom. The van der Waals surface area contributed by atoms with E-state index in [0.29, 0.717) is 5.89 Å². The second kappa shape index (κ2) is 4.47. The standard InChI is InChI=1S/C13H8BrNOS/c14-10-5-3-9(4-6-10)11-8-16-13(15-11)12-2-1-7-17-12/h1-8H. The third-order valence-corrected chi connectivity index (χ3v) is 3.76. The lowest BCUT2D eigenvalue weighted by molar-refractivity contribution is 0.576. The minimum absolute atomic E-state index is 0.679. The molecule has 3 aromatic rings. The zero-order chi connectivity index (χ0) is 11.7. The van der Waals surface area contributed by atoms with E-state index in [2.05, 4.69) is 20.9 Å². The first kappa shape index (κ1) is 10.7. The van der Waals surface area contributed by atoms with Gasteiger partial charge in [-0.15, -0.1) is 11.3 Å².